The molecule has 98 valence electrons. The van der Waals surface area contributed by atoms with Crippen molar-refractivity contribution in [2.45, 2.75) is 38.5 Å². The largest absolute Gasteiger partial charge is 0.387 e. The normalized spacial score (nSPS) is 17.9. The standard InChI is InChI=1S/C15H21ClN2/c16-14-8-6-12(7-9-14)10-11-18-15(17)13-4-2-1-3-5-13/h6-9,13H,1-5,10-11H2,(H2,17,18). The van der Waals surface area contributed by atoms with Crippen molar-refractivity contribution in [2.75, 3.05) is 6.54 Å². The maximum atomic E-state index is 6.07. The molecule has 0 spiro atoms. The van der Waals surface area contributed by atoms with E-state index in [0.29, 0.717) is 5.92 Å². The van der Waals surface area contributed by atoms with Gasteiger partial charge in [-0.05, 0) is 37.0 Å². The molecule has 1 aromatic rings. The molecule has 0 atom stereocenters. The summed E-state index contributed by atoms with van der Waals surface area (Å²) in [5.41, 5.74) is 7.33. The Balaban J connectivity index is 1.81. The summed E-state index contributed by atoms with van der Waals surface area (Å²) in [6, 6.07) is 7.94. The van der Waals surface area contributed by atoms with Gasteiger partial charge in [-0.2, -0.15) is 0 Å². The van der Waals surface area contributed by atoms with Gasteiger partial charge >= 0.3 is 0 Å². The number of benzene rings is 1. The fourth-order valence-electron chi connectivity index (χ4n) is 2.49. The summed E-state index contributed by atoms with van der Waals surface area (Å²) >= 11 is 5.85. The average molecular weight is 265 g/mol. The molecular weight excluding hydrogens is 244 g/mol. The summed E-state index contributed by atoms with van der Waals surface area (Å²) in [6.07, 6.45) is 7.34. The third-order valence-electron chi connectivity index (χ3n) is 3.63. The topological polar surface area (TPSA) is 38.4 Å². The molecule has 0 saturated heterocycles. The molecule has 0 bridgehead atoms. The van der Waals surface area contributed by atoms with E-state index >= 15 is 0 Å². The van der Waals surface area contributed by atoms with Crippen LogP contribution in [0, 0.1) is 5.92 Å². The first-order valence-corrected chi connectivity index (χ1v) is 7.18. The second-order valence-corrected chi connectivity index (χ2v) is 5.45. The molecule has 1 saturated carbocycles. The van der Waals surface area contributed by atoms with Crippen molar-refractivity contribution in [2.24, 2.45) is 16.6 Å². The van der Waals surface area contributed by atoms with Gasteiger partial charge in [0.2, 0.25) is 0 Å². The molecule has 2 rings (SSSR count). The first-order chi connectivity index (χ1) is 8.75. The molecule has 0 radical (unpaired) electrons. The molecule has 18 heavy (non-hydrogen) atoms. The van der Waals surface area contributed by atoms with E-state index < -0.39 is 0 Å². The summed E-state index contributed by atoms with van der Waals surface area (Å²) in [7, 11) is 0. The van der Waals surface area contributed by atoms with E-state index in [1.165, 1.54) is 37.7 Å². The third kappa shape index (κ3) is 4.02. The number of hydrogen-bond donors (Lipinski definition) is 1. The summed E-state index contributed by atoms with van der Waals surface area (Å²) in [5.74, 6) is 1.40. The molecule has 1 aliphatic carbocycles. The summed E-state index contributed by atoms with van der Waals surface area (Å²) in [4.78, 5) is 4.53. The minimum Gasteiger partial charge on any atom is -0.387 e. The molecule has 0 aliphatic heterocycles. The average Bonchev–Trinajstić information content (AvgIpc) is 2.42. The van der Waals surface area contributed by atoms with Crippen molar-refractivity contribution in [1.82, 2.24) is 0 Å². The molecule has 2 nitrogen and oxygen atoms in total. The monoisotopic (exact) mass is 264 g/mol. The molecule has 0 heterocycles. The SMILES string of the molecule is NC(=NCCc1ccc(Cl)cc1)C1CCCCC1. The van der Waals surface area contributed by atoms with Gasteiger partial charge in [0.25, 0.3) is 0 Å². The lowest BCUT2D eigenvalue weighted by Crippen LogP contribution is -2.26. The van der Waals surface area contributed by atoms with Gasteiger partial charge in [0.15, 0.2) is 0 Å². The predicted octanol–water partition coefficient (Wildman–Crippen LogP) is 3.82. The highest BCUT2D eigenvalue weighted by Crippen LogP contribution is 2.23. The van der Waals surface area contributed by atoms with E-state index in [4.69, 9.17) is 17.3 Å². The highest BCUT2D eigenvalue weighted by Gasteiger charge is 2.16. The molecular formula is C15H21ClN2. The molecule has 1 fully saturated rings. The van der Waals surface area contributed by atoms with Crippen molar-refractivity contribution in [3.05, 3.63) is 34.9 Å². The van der Waals surface area contributed by atoms with Crippen LogP contribution in [0.15, 0.2) is 29.3 Å². The lowest BCUT2D eigenvalue weighted by atomic mass is 9.88. The zero-order valence-corrected chi connectivity index (χ0v) is 11.5. The van der Waals surface area contributed by atoms with Gasteiger partial charge in [-0.1, -0.05) is 43.0 Å². The van der Waals surface area contributed by atoms with Gasteiger partial charge in [-0.3, -0.25) is 4.99 Å². The number of rotatable bonds is 4. The second-order valence-electron chi connectivity index (χ2n) is 5.02. The summed E-state index contributed by atoms with van der Waals surface area (Å²) in [5, 5.41) is 0.781. The van der Waals surface area contributed by atoms with Crippen LogP contribution in [0.3, 0.4) is 0 Å². The van der Waals surface area contributed by atoms with E-state index in [1.54, 1.807) is 0 Å². The first-order valence-electron chi connectivity index (χ1n) is 6.80. The van der Waals surface area contributed by atoms with Gasteiger partial charge < -0.3 is 5.73 Å². The Kier molecular flexibility index (Phi) is 5.06. The lowest BCUT2D eigenvalue weighted by Gasteiger charge is -2.20. The highest BCUT2D eigenvalue weighted by molar-refractivity contribution is 6.30. The number of amidine groups is 1. The number of halogens is 1. The van der Waals surface area contributed by atoms with Crippen molar-refractivity contribution in [3.8, 4) is 0 Å². The second kappa shape index (κ2) is 6.79. The quantitative estimate of drug-likeness (QED) is 0.652. The molecule has 3 heteroatoms. The maximum absolute atomic E-state index is 6.07. The van der Waals surface area contributed by atoms with Crippen LogP contribution >= 0.6 is 11.6 Å². The van der Waals surface area contributed by atoms with Crippen LogP contribution in [0.2, 0.25) is 5.02 Å². The minimum atomic E-state index is 0.531. The fraction of sp³-hybridized carbons (Fsp3) is 0.533. The number of nitrogens with zero attached hydrogens (tertiary/aromatic N) is 1. The third-order valence-corrected chi connectivity index (χ3v) is 3.88. The molecule has 0 amide bonds. The Hall–Kier alpha value is -1.02. The van der Waals surface area contributed by atoms with E-state index in [9.17, 15) is 0 Å². The number of hydrogen-bond acceptors (Lipinski definition) is 1. The molecule has 1 aliphatic rings. The van der Waals surface area contributed by atoms with Gasteiger partial charge in [0.05, 0.1) is 5.84 Å². The Morgan fingerprint density at radius 3 is 2.50 bits per heavy atom. The van der Waals surface area contributed by atoms with Crippen LogP contribution in [0.1, 0.15) is 37.7 Å². The Bertz CT molecular complexity index is 391. The number of nitrogens with two attached hydrogens (primary N) is 1. The van der Waals surface area contributed by atoms with E-state index in [1.807, 2.05) is 12.1 Å². The van der Waals surface area contributed by atoms with Crippen molar-refractivity contribution >= 4 is 17.4 Å². The predicted molar refractivity (Wildman–Crippen MR) is 78.2 cm³/mol. The van der Waals surface area contributed by atoms with Crippen LogP contribution in [0.5, 0.6) is 0 Å². The summed E-state index contributed by atoms with van der Waals surface area (Å²) < 4.78 is 0. The minimum absolute atomic E-state index is 0.531. The molecule has 2 N–H and O–H groups in total. The molecule has 0 unspecified atom stereocenters. The zero-order valence-electron chi connectivity index (χ0n) is 10.7. The first kappa shape index (κ1) is 13.4. The van der Waals surface area contributed by atoms with Gasteiger partial charge in [0.1, 0.15) is 0 Å². The Morgan fingerprint density at radius 2 is 1.83 bits per heavy atom. The smallest absolute Gasteiger partial charge is 0.0968 e. The van der Waals surface area contributed by atoms with E-state index in [-0.39, 0.29) is 0 Å². The Labute approximate surface area is 114 Å². The zero-order chi connectivity index (χ0) is 12.8. The molecule has 1 aromatic carbocycles. The van der Waals surface area contributed by atoms with Crippen LogP contribution < -0.4 is 5.73 Å². The van der Waals surface area contributed by atoms with Crippen LogP contribution in [0.4, 0.5) is 0 Å². The van der Waals surface area contributed by atoms with Crippen LogP contribution in [0.25, 0.3) is 0 Å². The van der Waals surface area contributed by atoms with E-state index in [2.05, 4.69) is 17.1 Å². The van der Waals surface area contributed by atoms with Crippen LogP contribution in [-0.2, 0) is 6.42 Å². The maximum Gasteiger partial charge on any atom is 0.0968 e. The highest BCUT2D eigenvalue weighted by atomic mass is 35.5. The molecule has 0 aromatic heterocycles. The Morgan fingerprint density at radius 1 is 1.17 bits per heavy atom. The van der Waals surface area contributed by atoms with E-state index in [0.717, 1.165) is 23.8 Å². The van der Waals surface area contributed by atoms with Crippen LogP contribution in [-0.4, -0.2) is 12.4 Å². The van der Waals surface area contributed by atoms with Gasteiger partial charge in [-0.15, -0.1) is 0 Å². The van der Waals surface area contributed by atoms with Crippen molar-refractivity contribution in [3.63, 3.8) is 0 Å². The van der Waals surface area contributed by atoms with Crippen molar-refractivity contribution < 1.29 is 0 Å². The lowest BCUT2D eigenvalue weighted by molar-refractivity contribution is 0.436. The fourth-order valence-corrected chi connectivity index (χ4v) is 2.62. The van der Waals surface area contributed by atoms with Crippen molar-refractivity contribution in [1.29, 1.82) is 0 Å². The van der Waals surface area contributed by atoms with Gasteiger partial charge in [-0.25, -0.2) is 0 Å². The van der Waals surface area contributed by atoms with Gasteiger partial charge in [0, 0.05) is 17.5 Å². The number of aliphatic imine (C=N–C) groups is 1. The summed E-state index contributed by atoms with van der Waals surface area (Å²) in [6.45, 7) is 0.782.